The Kier molecular flexibility index (Phi) is 4.67. The van der Waals surface area contributed by atoms with Crippen molar-refractivity contribution in [2.45, 2.75) is 83.2 Å². The van der Waals surface area contributed by atoms with Gasteiger partial charge in [0.05, 0.1) is 6.07 Å². The second-order valence-electron chi connectivity index (χ2n) is 6.77. The molecule has 0 spiro atoms. The lowest BCUT2D eigenvalue weighted by Gasteiger charge is -2.41. The molecular formula is C16H28N2. The lowest BCUT2D eigenvalue weighted by Crippen LogP contribution is -2.53. The van der Waals surface area contributed by atoms with Gasteiger partial charge in [0.2, 0.25) is 0 Å². The zero-order chi connectivity index (χ0) is 13.0. The normalized spacial score (nSPS) is 34.4. The second-order valence-corrected chi connectivity index (χ2v) is 6.77. The van der Waals surface area contributed by atoms with E-state index < -0.39 is 0 Å². The predicted molar refractivity (Wildman–Crippen MR) is 75.1 cm³/mol. The summed E-state index contributed by atoms with van der Waals surface area (Å²) in [6.45, 7) is 4.61. The minimum absolute atomic E-state index is 0.213. The van der Waals surface area contributed by atoms with Crippen LogP contribution in [-0.2, 0) is 0 Å². The maximum absolute atomic E-state index is 9.66. The third-order valence-electron chi connectivity index (χ3n) is 5.03. The maximum Gasteiger partial charge on any atom is 0.107 e. The maximum atomic E-state index is 9.66. The summed E-state index contributed by atoms with van der Waals surface area (Å²) in [4.78, 5) is 0. The van der Waals surface area contributed by atoms with Gasteiger partial charge in [-0.2, -0.15) is 5.26 Å². The fraction of sp³-hybridized carbons (Fsp3) is 0.938. The molecule has 2 rings (SSSR count). The Balaban J connectivity index is 1.98. The van der Waals surface area contributed by atoms with Crippen molar-refractivity contribution in [1.82, 2.24) is 5.32 Å². The first-order valence-electron chi connectivity index (χ1n) is 7.84. The first kappa shape index (κ1) is 13.9. The molecule has 18 heavy (non-hydrogen) atoms. The van der Waals surface area contributed by atoms with Crippen LogP contribution in [0.3, 0.4) is 0 Å². The summed E-state index contributed by atoms with van der Waals surface area (Å²) < 4.78 is 0. The van der Waals surface area contributed by atoms with Crippen LogP contribution in [0.15, 0.2) is 0 Å². The Morgan fingerprint density at radius 3 is 2.44 bits per heavy atom. The average molecular weight is 248 g/mol. The molecule has 0 radical (unpaired) electrons. The van der Waals surface area contributed by atoms with Crippen LogP contribution in [0.4, 0.5) is 0 Å². The van der Waals surface area contributed by atoms with Crippen LogP contribution in [-0.4, -0.2) is 11.6 Å². The molecule has 2 aliphatic rings. The molecule has 0 aromatic rings. The molecule has 0 heterocycles. The van der Waals surface area contributed by atoms with E-state index in [0.717, 1.165) is 18.8 Å². The van der Waals surface area contributed by atoms with Gasteiger partial charge in [-0.05, 0) is 43.9 Å². The Morgan fingerprint density at radius 1 is 1.11 bits per heavy atom. The highest BCUT2D eigenvalue weighted by Crippen LogP contribution is 2.37. The molecule has 0 aliphatic heterocycles. The molecule has 2 aliphatic carbocycles. The Morgan fingerprint density at radius 2 is 1.83 bits per heavy atom. The second kappa shape index (κ2) is 6.06. The first-order valence-corrected chi connectivity index (χ1v) is 7.84. The van der Waals surface area contributed by atoms with Crippen molar-refractivity contribution >= 4 is 0 Å². The van der Waals surface area contributed by atoms with Crippen LogP contribution < -0.4 is 5.32 Å². The summed E-state index contributed by atoms with van der Waals surface area (Å²) in [7, 11) is 0. The summed E-state index contributed by atoms with van der Waals surface area (Å²) in [6.07, 6.45) is 11.3. The van der Waals surface area contributed by atoms with Gasteiger partial charge < -0.3 is 0 Å². The summed E-state index contributed by atoms with van der Waals surface area (Å²) in [6, 6.07) is 3.24. The quantitative estimate of drug-likeness (QED) is 0.819. The van der Waals surface area contributed by atoms with Crippen LogP contribution in [0.5, 0.6) is 0 Å². The number of hydrogen-bond donors (Lipinski definition) is 1. The number of nitrogens with one attached hydrogen (secondary N) is 1. The Hall–Kier alpha value is -0.550. The molecule has 0 bridgehead atoms. The van der Waals surface area contributed by atoms with Crippen molar-refractivity contribution in [2.75, 3.05) is 0 Å². The molecule has 102 valence electrons. The zero-order valence-electron chi connectivity index (χ0n) is 12.0. The van der Waals surface area contributed by atoms with Crippen molar-refractivity contribution in [2.24, 2.45) is 11.8 Å². The van der Waals surface area contributed by atoms with Gasteiger partial charge in [-0.25, -0.2) is 0 Å². The van der Waals surface area contributed by atoms with E-state index in [1.807, 2.05) is 0 Å². The van der Waals surface area contributed by atoms with Crippen molar-refractivity contribution < 1.29 is 0 Å². The minimum Gasteiger partial charge on any atom is -0.297 e. The van der Waals surface area contributed by atoms with E-state index in [-0.39, 0.29) is 5.54 Å². The minimum atomic E-state index is -0.213. The Labute approximate surface area is 112 Å². The van der Waals surface area contributed by atoms with Gasteiger partial charge in [0, 0.05) is 6.04 Å². The standard InChI is InChI=1S/C16H28N2/c1-13(2)14-7-6-10-16(11-14,12-17)18-15-8-4-3-5-9-15/h13-15,18H,3-11H2,1-2H3. The van der Waals surface area contributed by atoms with Gasteiger partial charge in [-0.3, -0.25) is 5.32 Å². The summed E-state index contributed by atoms with van der Waals surface area (Å²) >= 11 is 0. The Bertz CT molecular complexity index is 299. The highest BCUT2D eigenvalue weighted by Gasteiger charge is 2.38. The molecule has 2 fully saturated rings. The van der Waals surface area contributed by atoms with Crippen LogP contribution in [0.1, 0.15) is 71.6 Å². The van der Waals surface area contributed by atoms with Crippen LogP contribution in [0.25, 0.3) is 0 Å². The number of hydrogen-bond acceptors (Lipinski definition) is 2. The summed E-state index contributed by atoms with van der Waals surface area (Å²) in [5.41, 5.74) is -0.213. The van der Waals surface area contributed by atoms with Crippen LogP contribution in [0, 0.1) is 23.2 Å². The van der Waals surface area contributed by atoms with Gasteiger partial charge >= 0.3 is 0 Å². The van der Waals surface area contributed by atoms with E-state index in [4.69, 9.17) is 0 Å². The number of rotatable bonds is 3. The summed E-state index contributed by atoms with van der Waals surface area (Å²) in [5, 5.41) is 13.4. The van der Waals surface area contributed by atoms with Gasteiger partial charge in [-0.15, -0.1) is 0 Å². The molecule has 2 unspecified atom stereocenters. The molecule has 0 amide bonds. The lowest BCUT2D eigenvalue weighted by atomic mass is 9.71. The van der Waals surface area contributed by atoms with E-state index in [1.54, 1.807) is 0 Å². The van der Waals surface area contributed by atoms with E-state index in [1.165, 1.54) is 44.9 Å². The summed E-state index contributed by atoms with van der Waals surface area (Å²) in [5.74, 6) is 1.45. The highest BCUT2D eigenvalue weighted by molar-refractivity contribution is 5.11. The molecule has 2 atom stereocenters. The zero-order valence-corrected chi connectivity index (χ0v) is 12.0. The monoisotopic (exact) mass is 248 g/mol. The van der Waals surface area contributed by atoms with Crippen molar-refractivity contribution in [3.8, 4) is 6.07 Å². The molecule has 0 aromatic carbocycles. The first-order chi connectivity index (χ1) is 8.65. The van der Waals surface area contributed by atoms with Crippen LogP contribution >= 0.6 is 0 Å². The van der Waals surface area contributed by atoms with E-state index in [2.05, 4.69) is 25.2 Å². The average Bonchev–Trinajstić information content (AvgIpc) is 2.40. The third-order valence-corrected chi connectivity index (χ3v) is 5.03. The molecule has 2 heteroatoms. The van der Waals surface area contributed by atoms with Gasteiger partial charge in [0.25, 0.3) is 0 Å². The van der Waals surface area contributed by atoms with E-state index in [0.29, 0.717) is 12.0 Å². The molecule has 2 nitrogen and oxygen atoms in total. The fourth-order valence-electron chi connectivity index (χ4n) is 3.79. The number of nitriles is 1. The molecule has 0 saturated heterocycles. The largest absolute Gasteiger partial charge is 0.297 e. The third kappa shape index (κ3) is 3.26. The molecule has 0 aromatic heterocycles. The predicted octanol–water partition coefficient (Wildman–Crippen LogP) is 4.02. The van der Waals surface area contributed by atoms with Crippen LogP contribution in [0.2, 0.25) is 0 Å². The SMILES string of the molecule is CC(C)C1CCCC(C#N)(NC2CCCCC2)C1. The topological polar surface area (TPSA) is 35.8 Å². The number of nitrogens with zero attached hydrogens (tertiary/aromatic N) is 1. The molecule has 1 N–H and O–H groups in total. The highest BCUT2D eigenvalue weighted by atomic mass is 15.0. The molecule has 2 saturated carbocycles. The van der Waals surface area contributed by atoms with E-state index >= 15 is 0 Å². The van der Waals surface area contributed by atoms with Gasteiger partial charge in [-0.1, -0.05) is 39.5 Å². The smallest absolute Gasteiger partial charge is 0.107 e. The van der Waals surface area contributed by atoms with Crippen molar-refractivity contribution in [1.29, 1.82) is 5.26 Å². The van der Waals surface area contributed by atoms with Gasteiger partial charge in [0.1, 0.15) is 5.54 Å². The van der Waals surface area contributed by atoms with Crippen molar-refractivity contribution in [3.63, 3.8) is 0 Å². The molecular weight excluding hydrogens is 220 g/mol. The fourth-order valence-corrected chi connectivity index (χ4v) is 3.79. The van der Waals surface area contributed by atoms with E-state index in [9.17, 15) is 5.26 Å². The van der Waals surface area contributed by atoms with Crippen molar-refractivity contribution in [3.05, 3.63) is 0 Å². The lowest BCUT2D eigenvalue weighted by molar-refractivity contribution is 0.166. The van der Waals surface area contributed by atoms with Gasteiger partial charge in [0.15, 0.2) is 0 Å².